The van der Waals surface area contributed by atoms with E-state index in [9.17, 15) is 40.2 Å². The number of nitrogens with one attached hydrogen (secondary N) is 1. The number of methoxy groups -OCH3 is 2. The van der Waals surface area contributed by atoms with Gasteiger partial charge in [-0.3, -0.25) is 44.6 Å². The fraction of sp³-hybridized carbons (Fsp3) is 0.279. The first-order valence-electron chi connectivity index (χ1n) is 31.0. The van der Waals surface area contributed by atoms with E-state index in [1.165, 1.54) is 44.6 Å². The zero-order valence-electron chi connectivity index (χ0n) is 53.7. The van der Waals surface area contributed by atoms with Crippen molar-refractivity contribution in [2.75, 3.05) is 40.5 Å². The fourth-order valence-corrected chi connectivity index (χ4v) is 20.9. The molecule has 1 amide bonds. The highest BCUT2D eigenvalue weighted by atomic mass is 32.3. The lowest BCUT2D eigenvalue weighted by molar-refractivity contribution is -0.388. The summed E-state index contributed by atoms with van der Waals surface area (Å²) in [6, 6.07) is 34.6. The minimum Gasteiger partial charge on any atom is -0.497 e. The van der Waals surface area contributed by atoms with Gasteiger partial charge in [-0.2, -0.15) is 4.57 Å². The zero-order valence-corrected chi connectivity index (χ0v) is 56.1. The summed E-state index contributed by atoms with van der Waals surface area (Å²) in [4.78, 5) is 85.1. The number of aliphatic hydroxyl groups excluding tert-OH is 1. The number of carbonyl (C=O) groups excluding carboxylic acids is 1. The summed E-state index contributed by atoms with van der Waals surface area (Å²) >= 11 is 0. The Labute approximate surface area is 572 Å². The van der Waals surface area contributed by atoms with Crippen LogP contribution in [0.1, 0.15) is 61.9 Å². The molecule has 3 heterocycles. The lowest BCUT2D eigenvalue weighted by atomic mass is 9.80. The lowest BCUT2D eigenvalue weighted by Crippen LogP contribution is -2.76. The standard InChI is InChI=1S/C68H66N8O21S3/c1-4-5-6-11-23-50-45-69-41-20-42-71(66(80)72-62(78)40-43-70(65(72)79)63-44-57(77)58(96-63)46-95-67(47-21-9-7-10-22-47,48-32-36-51(93-2)37-33-48)49-34-38-52(94-3)39-35-49)68(99(89,90)60-30-18-15-27-55(60)75(83)84,100(91,92)61-31-19-16-28-56(61)76(85)86)64(73(50)97-53-24-12-8-13-25-53)98(87,88)59-29-17-14-26-54(59)74(81)82/h7-10,12-19,21-22,24-40,43,50,57-58,63-64,69,77H,4-6,20,41-42,44-46H2,1-3H3/t50?,57-,58+,63+,64?/m0/s1. The average molecular weight is 1430 g/mol. The molecule has 0 spiro atoms. The van der Waals surface area contributed by atoms with Crippen molar-refractivity contribution in [3.63, 3.8) is 0 Å². The van der Waals surface area contributed by atoms with Crippen LogP contribution in [-0.2, 0) is 44.6 Å². The number of unbranched alkanes of at least 4 members (excludes halogenated alkanes) is 2. The summed E-state index contributed by atoms with van der Waals surface area (Å²) in [6.07, 6.45) is -4.03. The lowest BCUT2D eigenvalue weighted by Gasteiger charge is -2.49. The Morgan fingerprint density at radius 1 is 0.670 bits per heavy atom. The van der Waals surface area contributed by atoms with Crippen molar-refractivity contribution in [3.8, 4) is 29.1 Å². The Balaban J connectivity index is 1.26. The van der Waals surface area contributed by atoms with E-state index in [-0.39, 0.29) is 21.0 Å². The SMILES string of the molecule is CCCCC#CC1CNCCCN(C(=O)n2c(=O)ccn([C@H]3C[C@H](O)[C@@H](COC(c4ccccc4)(c4ccc(OC)cc4)c4ccc(OC)cc4)O3)c2=O)C(S(=O)(=O)c2ccccc2[N+](=O)[O-])(S(=O)(=O)c2ccccc2[N+](=O)[O-])C(S(=O)(=O)c2ccccc2[N+](=O)[O-])N1Oc1ccccc1. The van der Waals surface area contributed by atoms with Crippen molar-refractivity contribution in [3.05, 3.63) is 262 Å². The van der Waals surface area contributed by atoms with Crippen LogP contribution in [0.5, 0.6) is 17.2 Å². The van der Waals surface area contributed by atoms with Gasteiger partial charge >= 0.3 is 11.7 Å². The van der Waals surface area contributed by atoms with Gasteiger partial charge < -0.3 is 34.2 Å². The van der Waals surface area contributed by atoms with Gasteiger partial charge in [-0.05, 0) is 90.7 Å². The molecular weight excluding hydrogens is 1360 g/mol. The van der Waals surface area contributed by atoms with Crippen molar-refractivity contribution < 1.29 is 73.7 Å². The number of ether oxygens (including phenoxy) is 4. The summed E-state index contributed by atoms with van der Waals surface area (Å²) < 4.78 is 123. The van der Waals surface area contributed by atoms with E-state index in [1.807, 2.05) is 6.92 Å². The van der Waals surface area contributed by atoms with Gasteiger partial charge in [-0.15, -0.1) is 11.0 Å². The molecule has 2 aliphatic rings. The molecule has 10 rings (SSSR count). The highest BCUT2D eigenvalue weighted by Gasteiger charge is 2.75. The van der Waals surface area contributed by atoms with E-state index in [1.54, 1.807) is 78.9 Å². The number of hydrogen-bond donors (Lipinski definition) is 2. The number of amides is 1. The second kappa shape index (κ2) is 30.3. The number of benzene rings is 7. The van der Waals surface area contributed by atoms with Gasteiger partial charge in [0.25, 0.3) is 26.8 Å². The number of rotatable bonds is 22. The van der Waals surface area contributed by atoms with E-state index in [4.69, 9.17) is 23.8 Å². The first-order valence-corrected chi connectivity index (χ1v) is 35.6. The van der Waals surface area contributed by atoms with Gasteiger partial charge in [0.1, 0.15) is 55.9 Å². The van der Waals surface area contributed by atoms with Crippen LogP contribution in [0.15, 0.2) is 219 Å². The Morgan fingerprint density at radius 2 is 1.16 bits per heavy atom. The number of aromatic nitrogens is 2. The molecule has 2 unspecified atom stereocenters. The zero-order chi connectivity index (χ0) is 71.7. The molecule has 0 aliphatic carbocycles. The predicted molar refractivity (Wildman–Crippen MR) is 360 cm³/mol. The van der Waals surface area contributed by atoms with Crippen molar-refractivity contribution >= 4 is 52.6 Å². The Hall–Kier alpha value is -10.5. The molecule has 2 saturated heterocycles. The molecule has 0 bridgehead atoms. The molecular formula is C68H66N8O21S3. The molecule has 2 fully saturated rings. The van der Waals surface area contributed by atoms with Crippen LogP contribution < -0.4 is 30.9 Å². The predicted octanol–water partition coefficient (Wildman–Crippen LogP) is 7.93. The number of sulfone groups is 3. The minimum atomic E-state index is -7.02. The Kier molecular flexibility index (Phi) is 21.9. The number of carbonyl (C=O) groups is 1. The van der Waals surface area contributed by atoms with Gasteiger partial charge in [0.2, 0.25) is 34.9 Å². The second-order valence-corrected chi connectivity index (χ2v) is 29.2. The van der Waals surface area contributed by atoms with E-state index in [0.717, 1.165) is 42.6 Å². The third-order valence-electron chi connectivity index (χ3n) is 16.9. The fourth-order valence-electron chi connectivity index (χ4n) is 12.1. The number of aliphatic hydroxyl groups is 1. The molecule has 2 N–H and O–H groups in total. The quantitative estimate of drug-likeness (QED) is 0.0214. The maximum Gasteiger partial charge on any atom is 0.341 e. The summed E-state index contributed by atoms with van der Waals surface area (Å²) in [6.45, 7) is -1.10. The highest BCUT2D eigenvalue weighted by molar-refractivity contribution is 8.11. The first kappa shape index (κ1) is 72.2. The number of nitro benzene ring substituents is 3. The van der Waals surface area contributed by atoms with Crippen LogP contribution in [0.4, 0.5) is 21.9 Å². The molecule has 1 aromatic heterocycles. The molecule has 7 aromatic carbocycles. The molecule has 2 aliphatic heterocycles. The van der Waals surface area contributed by atoms with Crippen LogP contribution in [0, 0.1) is 42.2 Å². The number of hydroxylamine groups is 2. The van der Waals surface area contributed by atoms with Crippen molar-refractivity contribution in [1.82, 2.24) is 24.4 Å². The van der Waals surface area contributed by atoms with Crippen LogP contribution >= 0.6 is 0 Å². The highest BCUT2D eigenvalue weighted by Crippen LogP contribution is 2.52. The summed E-state index contributed by atoms with van der Waals surface area (Å²) in [7, 11) is -17.6. The maximum absolute atomic E-state index is 17.4. The summed E-state index contributed by atoms with van der Waals surface area (Å²) in [5, 5.41) is 51.4. The topological polar surface area (TPSA) is 378 Å². The van der Waals surface area contributed by atoms with Gasteiger partial charge in [0.15, 0.2) is 0 Å². The first-order chi connectivity index (χ1) is 47.9. The summed E-state index contributed by atoms with van der Waals surface area (Å²) in [5.41, 5.74) is -7.54. The van der Waals surface area contributed by atoms with E-state index >= 15 is 34.8 Å². The molecule has 32 heteroatoms. The second-order valence-electron chi connectivity index (χ2n) is 22.8. The minimum absolute atomic E-state index is 0.0348. The molecule has 29 nitrogen and oxygen atoms in total. The number of nitrogens with zero attached hydrogens (tertiary/aromatic N) is 7. The van der Waals surface area contributed by atoms with Crippen LogP contribution in [0.2, 0.25) is 0 Å². The Bertz CT molecular complexity index is 4770. The molecule has 5 atom stereocenters. The summed E-state index contributed by atoms with van der Waals surface area (Å²) in [5.74, 6) is 6.26. The third-order valence-corrected chi connectivity index (χ3v) is 24.9. The molecule has 100 heavy (non-hydrogen) atoms. The van der Waals surface area contributed by atoms with Gasteiger partial charge in [-0.25, -0.2) is 34.8 Å². The van der Waals surface area contributed by atoms with Crippen molar-refractivity contribution in [1.29, 1.82) is 0 Å². The van der Waals surface area contributed by atoms with Gasteiger partial charge in [0.05, 0.1) is 41.7 Å². The normalized spacial score (nSPS) is 18.4. The maximum atomic E-state index is 17.4. The molecule has 522 valence electrons. The van der Waals surface area contributed by atoms with Crippen LogP contribution in [-0.4, -0.2) is 139 Å². The van der Waals surface area contributed by atoms with Crippen LogP contribution in [0.3, 0.4) is 0 Å². The van der Waals surface area contributed by atoms with E-state index in [2.05, 4.69) is 17.2 Å². The van der Waals surface area contributed by atoms with Gasteiger partial charge in [0, 0.05) is 56.4 Å². The number of para-hydroxylation sites is 4. The number of nitro groups is 3. The molecule has 8 aromatic rings. The van der Waals surface area contributed by atoms with Gasteiger partial charge in [-0.1, -0.05) is 128 Å². The number of hydrogen-bond acceptors (Lipinski definition) is 23. The molecule has 0 saturated carbocycles. The average Bonchev–Trinajstić information content (AvgIpc) is 0.711. The van der Waals surface area contributed by atoms with E-state index in [0.29, 0.717) is 88.1 Å². The Morgan fingerprint density at radius 3 is 1.68 bits per heavy atom. The monoisotopic (exact) mass is 1430 g/mol. The third kappa shape index (κ3) is 13.6. The van der Waals surface area contributed by atoms with Crippen molar-refractivity contribution in [2.45, 2.75) is 93.4 Å². The largest absolute Gasteiger partial charge is 0.497 e. The smallest absolute Gasteiger partial charge is 0.341 e. The van der Waals surface area contributed by atoms with E-state index < -0.39 is 178 Å². The van der Waals surface area contributed by atoms with Crippen molar-refractivity contribution in [2.24, 2.45) is 0 Å². The van der Waals surface area contributed by atoms with Crippen LogP contribution in [0.25, 0.3) is 0 Å². The molecule has 0 radical (unpaired) electrons.